The number of hydrogen-bond acceptors (Lipinski definition) is 5. The standard InChI is InChI=1S/C27H25N7O/c1-17-13-19-10-12-34(27(35)20(19)14-23(17)32-15-22(28-16-32)18-8-9-18)24-7-4-5-21(29-24)26-31-30-25-6-2-3-11-33(25)26/h4-5,7,10,12-16,18H,2-3,6,8-9,11H2,1H3. The largest absolute Gasteiger partial charge is 0.310 e. The molecule has 2 aliphatic rings. The van der Waals surface area contributed by atoms with Gasteiger partial charge in [0.2, 0.25) is 0 Å². The van der Waals surface area contributed by atoms with Crippen molar-refractivity contribution in [3.05, 3.63) is 82.6 Å². The van der Waals surface area contributed by atoms with Crippen molar-refractivity contribution in [1.82, 2.24) is 33.9 Å². The van der Waals surface area contributed by atoms with Gasteiger partial charge in [0.05, 0.1) is 17.7 Å². The Kier molecular flexibility index (Phi) is 4.49. The summed E-state index contributed by atoms with van der Waals surface area (Å²) in [6, 6.07) is 11.7. The van der Waals surface area contributed by atoms with Crippen LogP contribution in [0.2, 0.25) is 0 Å². The molecule has 5 aromatic rings. The summed E-state index contributed by atoms with van der Waals surface area (Å²) in [5.74, 6) is 2.93. The van der Waals surface area contributed by atoms with E-state index in [1.165, 1.54) is 12.8 Å². The third-order valence-electron chi connectivity index (χ3n) is 7.17. The Bertz CT molecular complexity index is 1650. The van der Waals surface area contributed by atoms with Gasteiger partial charge >= 0.3 is 0 Å². The molecular weight excluding hydrogens is 438 g/mol. The number of fused-ring (bicyclic) bond motifs is 2. The topological polar surface area (TPSA) is 83.4 Å². The number of nitrogens with zero attached hydrogens (tertiary/aromatic N) is 7. The number of aromatic nitrogens is 7. The van der Waals surface area contributed by atoms with Gasteiger partial charge in [0, 0.05) is 36.7 Å². The second kappa shape index (κ2) is 7.73. The molecule has 1 aliphatic heterocycles. The van der Waals surface area contributed by atoms with Crippen LogP contribution in [-0.4, -0.2) is 33.9 Å². The van der Waals surface area contributed by atoms with Crippen LogP contribution in [0.15, 0.2) is 59.9 Å². The molecule has 0 N–H and O–H groups in total. The summed E-state index contributed by atoms with van der Waals surface area (Å²) in [4.78, 5) is 23.0. The summed E-state index contributed by atoms with van der Waals surface area (Å²) in [5, 5.41) is 10.3. The second-order valence-electron chi connectivity index (χ2n) is 9.63. The van der Waals surface area contributed by atoms with Gasteiger partial charge in [0.25, 0.3) is 5.56 Å². The van der Waals surface area contributed by atoms with Gasteiger partial charge in [0.15, 0.2) is 5.82 Å². The number of aryl methyl sites for hydroxylation is 2. The smallest absolute Gasteiger partial charge is 0.264 e. The van der Waals surface area contributed by atoms with Gasteiger partial charge in [-0.25, -0.2) is 9.97 Å². The highest BCUT2D eigenvalue weighted by atomic mass is 16.1. The van der Waals surface area contributed by atoms with Gasteiger partial charge in [-0.15, -0.1) is 10.2 Å². The van der Waals surface area contributed by atoms with Crippen LogP contribution in [0.1, 0.15) is 48.7 Å². The van der Waals surface area contributed by atoms with Crippen molar-refractivity contribution in [3.63, 3.8) is 0 Å². The summed E-state index contributed by atoms with van der Waals surface area (Å²) in [5.41, 5.74) is 3.84. The van der Waals surface area contributed by atoms with Crippen molar-refractivity contribution in [2.75, 3.05) is 0 Å². The molecule has 35 heavy (non-hydrogen) atoms. The van der Waals surface area contributed by atoms with E-state index >= 15 is 0 Å². The first-order valence-electron chi connectivity index (χ1n) is 12.3. The molecule has 0 radical (unpaired) electrons. The van der Waals surface area contributed by atoms with E-state index in [0.29, 0.717) is 17.1 Å². The Morgan fingerprint density at radius 2 is 1.97 bits per heavy atom. The summed E-state index contributed by atoms with van der Waals surface area (Å²) in [7, 11) is 0. The lowest BCUT2D eigenvalue weighted by Gasteiger charge is -2.15. The second-order valence-corrected chi connectivity index (χ2v) is 9.63. The van der Waals surface area contributed by atoms with Gasteiger partial charge in [0.1, 0.15) is 17.3 Å². The Morgan fingerprint density at radius 3 is 2.86 bits per heavy atom. The highest BCUT2D eigenvalue weighted by molar-refractivity contribution is 5.85. The lowest BCUT2D eigenvalue weighted by atomic mass is 10.1. The minimum Gasteiger partial charge on any atom is -0.310 e. The lowest BCUT2D eigenvalue weighted by Crippen LogP contribution is -2.19. The van der Waals surface area contributed by atoms with Crippen LogP contribution in [0.4, 0.5) is 0 Å². The van der Waals surface area contributed by atoms with E-state index in [1.54, 1.807) is 10.8 Å². The van der Waals surface area contributed by atoms with E-state index in [2.05, 4.69) is 38.9 Å². The summed E-state index contributed by atoms with van der Waals surface area (Å²) in [6.07, 6.45) is 11.4. The maximum Gasteiger partial charge on any atom is 0.264 e. The third-order valence-corrected chi connectivity index (χ3v) is 7.17. The van der Waals surface area contributed by atoms with Crippen molar-refractivity contribution in [1.29, 1.82) is 0 Å². The number of hydrogen-bond donors (Lipinski definition) is 0. The lowest BCUT2D eigenvalue weighted by molar-refractivity contribution is 0.525. The van der Waals surface area contributed by atoms with E-state index in [4.69, 9.17) is 4.98 Å². The zero-order valence-electron chi connectivity index (χ0n) is 19.6. The molecule has 4 aromatic heterocycles. The zero-order chi connectivity index (χ0) is 23.5. The van der Waals surface area contributed by atoms with E-state index in [-0.39, 0.29) is 5.56 Å². The van der Waals surface area contributed by atoms with Crippen molar-refractivity contribution in [2.24, 2.45) is 0 Å². The molecule has 0 saturated heterocycles. The number of imidazole rings is 1. The number of benzene rings is 1. The van der Waals surface area contributed by atoms with Crippen LogP contribution >= 0.6 is 0 Å². The van der Waals surface area contributed by atoms with Crippen LogP contribution < -0.4 is 5.56 Å². The Labute approximate surface area is 201 Å². The molecule has 0 unspecified atom stereocenters. The summed E-state index contributed by atoms with van der Waals surface area (Å²) >= 11 is 0. The summed E-state index contributed by atoms with van der Waals surface area (Å²) < 4.78 is 5.79. The Hall–Kier alpha value is -4.07. The molecule has 5 heterocycles. The average Bonchev–Trinajstić information content (AvgIpc) is 3.45. The number of pyridine rings is 2. The van der Waals surface area contributed by atoms with E-state index in [1.807, 2.05) is 41.2 Å². The SMILES string of the molecule is Cc1cc2ccn(-c3cccc(-c4nnc5n4CCCC5)n3)c(=O)c2cc1-n1cnc(C2CC2)c1. The molecule has 8 nitrogen and oxygen atoms in total. The molecule has 174 valence electrons. The summed E-state index contributed by atoms with van der Waals surface area (Å²) in [6.45, 7) is 2.97. The molecule has 8 heteroatoms. The minimum absolute atomic E-state index is 0.0980. The molecule has 0 amide bonds. The monoisotopic (exact) mass is 463 g/mol. The van der Waals surface area contributed by atoms with Gasteiger partial charge in [-0.1, -0.05) is 6.07 Å². The molecule has 1 aliphatic carbocycles. The normalized spacial score (nSPS) is 15.5. The highest BCUT2D eigenvalue weighted by Crippen LogP contribution is 2.39. The molecule has 7 rings (SSSR count). The first-order chi connectivity index (χ1) is 17.2. The molecule has 0 atom stereocenters. The van der Waals surface area contributed by atoms with Gasteiger partial charge < -0.3 is 9.13 Å². The molecule has 0 bridgehead atoms. The minimum atomic E-state index is -0.0980. The van der Waals surface area contributed by atoms with Crippen molar-refractivity contribution in [3.8, 4) is 23.0 Å². The van der Waals surface area contributed by atoms with Crippen molar-refractivity contribution >= 4 is 10.8 Å². The van der Waals surface area contributed by atoms with Crippen molar-refractivity contribution < 1.29 is 0 Å². The predicted octanol–water partition coefficient (Wildman–Crippen LogP) is 4.35. The van der Waals surface area contributed by atoms with Gasteiger partial charge in [-0.3, -0.25) is 9.36 Å². The van der Waals surface area contributed by atoms with Gasteiger partial charge in [-0.05, 0) is 73.9 Å². The molecule has 1 aromatic carbocycles. The Morgan fingerprint density at radius 1 is 1.06 bits per heavy atom. The van der Waals surface area contributed by atoms with Crippen LogP contribution in [0.5, 0.6) is 0 Å². The fourth-order valence-corrected chi connectivity index (χ4v) is 5.09. The predicted molar refractivity (Wildman–Crippen MR) is 133 cm³/mol. The van der Waals surface area contributed by atoms with Crippen LogP contribution in [0, 0.1) is 6.92 Å². The third kappa shape index (κ3) is 3.39. The molecular formula is C27H25N7O. The first kappa shape index (κ1) is 20.3. The molecule has 1 saturated carbocycles. The van der Waals surface area contributed by atoms with Crippen LogP contribution in [-0.2, 0) is 13.0 Å². The highest BCUT2D eigenvalue weighted by Gasteiger charge is 2.26. The van der Waals surface area contributed by atoms with Crippen LogP contribution in [0.3, 0.4) is 0 Å². The van der Waals surface area contributed by atoms with Crippen molar-refractivity contribution in [2.45, 2.75) is 51.5 Å². The molecule has 1 fully saturated rings. The van der Waals surface area contributed by atoms with E-state index in [0.717, 1.165) is 65.5 Å². The van der Waals surface area contributed by atoms with Crippen LogP contribution in [0.25, 0.3) is 33.8 Å². The maximum absolute atomic E-state index is 13.6. The fraction of sp³-hybridized carbons (Fsp3) is 0.296. The quantitative estimate of drug-likeness (QED) is 0.396. The Balaban J connectivity index is 1.32. The fourth-order valence-electron chi connectivity index (χ4n) is 5.09. The first-order valence-corrected chi connectivity index (χ1v) is 12.3. The molecule has 0 spiro atoms. The van der Waals surface area contributed by atoms with E-state index < -0.39 is 0 Å². The maximum atomic E-state index is 13.6. The van der Waals surface area contributed by atoms with Gasteiger partial charge in [-0.2, -0.15) is 0 Å². The van der Waals surface area contributed by atoms with E-state index in [9.17, 15) is 4.79 Å². The zero-order valence-corrected chi connectivity index (χ0v) is 19.6. The average molecular weight is 464 g/mol. The number of rotatable bonds is 4.